The molecule has 0 radical (unpaired) electrons. The number of hydrogen-bond acceptors (Lipinski definition) is 4. The summed E-state index contributed by atoms with van der Waals surface area (Å²) in [5.41, 5.74) is -0.0700. The van der Waals surface area contributed by atoms with Gasteiger partial charge in [0.15, 0.2) is 0 Å². The molecular weight excluding hydrogens is 216 g/mol. The normalized spacial score (nSPS) is 24.2. The van der Waals surface area contributed by atoms with E-state index in [1.54, 1.807) is 0 Å². The number of esters is 1. The van der Waals surface area contributed by atoms with Gasteiger partial charge in [-0.25, -0.2) is 0 Å². The van der Waals surface area contributed by atoms with Crippen molar-refractivity contribution in [3.63, 3.8) is 0 Å². The van der Waals surface area contributed by atoms with Crippen LogP contribution in [0.5, 0.6) is 0 Å². The van der Waals surface area contributed by atoms with Crippen LogP contribution in [0.25, 0.3) is 0 Å². The lowest BCUT2D eigenvalue weighted by atomic mass is 9.88. The van der Waals surface area contributed by atoms with Gasteiger partial charge >= 0.3 is 5.97 Å². The molecule has 0 spiro atoms. The summed E-state index contributed by atoms with van der Waals surface area (Å²) in [5, 5.41) is 0. The Balaban J connectivity index is 2.51. The molecule has 4 heteroatoms. The molecule has 0 aliphatic carbocycles. The Hall–Kier alpha value is -0.610. The van der Waals surface area contributed by atoms with Crippen molar-refractivity contribution in [2.75, 3.05) is 40.8 Å². The van der Waals surface area contributed by atoms with E-state index in [0.717, 1.165) is 32.5 Å². The maximum Gasteiger partial charge on any atom is 0.310 e. The smallest absolute Gasteiger partial charge is 0.310 e. The van der Waals surface area contributed by atoms with Gasteiger partial charge in [-0.15, -0.1) is 0 Å². The van der Waals surface area contributed by atoms with Crippen LogP contribution in [0.4, 0.5) is 0 Å². The highest BCUT2D eigenvalue weighted by Gasteiger charge is 2.45. The Morgan fingerprint density at radius 3 is 2.65 bits per heavy atom. The minimum atomic E-state index is -0.0700. The summed E-state index contributed by atoms with van der Waals surface area (Å²) in [6.45, 7) is 7.45. The summed E-state index contributed by atoms with van der Waals surface area (Å²) in [6, 6.07) is 0. The number of hydrogen-bond donors (Lipinski definition) is 0. The molecule has 1 rings (SSSR count). The zero-order chi connectivity index (χ0) is 13.1. The molecule has 1 fully saturated rings. The Morgan fingerprint density at radius 2 is 2.12 bits per heavy atom. The van der Waals surface area contributed by atoms with Crippen molar-refractivity contribution >= 4 is 5.97 Å². The minimum absolute atomic E-state index is 0.0202. The van der Waals surface area contributed by atoms with Crippen LogP contribution in [-0.4, -0.2) is 62.1 Å². The van der Waals surface area contributed by atoms with Crippen LogP contribution < -0.4 is 0 Å². The molecule has 0 bridgehead atoms. The highest BCUT2D eigenvalue weighted by Crippen LogP contribution is 2.35. The van der Waals surface area contributed by atoms with E-state index >= 15 is 0 Å². The van der Waals surface area contributed by atoms with E-state index in [0.29, 0.717) is 0 Å². The van der Waals surface area contributed by atoms with Crippen molar-refractivity contribution in [3.05, 3.63) is 0 Å². The number of carbonyl (C=O) groups excluding carboxylic acids is 1. The molecule has 17 heavy (non-hydrogen) atoms. The monoisotopic (exact) mass is 242 g/mol. The van der Waals surface area contributed by atoms with Gasteiger partial charge in [-0.2, -0.15) is 0 Å². The third-order valence-electron chi connectivity index (χ3n) is 3.87. The molecule has 0 amide bonds. The molecule has 1 aliphatic heterocycles. The summed E-state index contributed by atoms with van der Waals surface area (Å²) in [7, 11) is 5.66. The van der Waals surface area contributed by atoms with E-state index < -0.39 is 0 Å². The van der Waals surface area contributed by atoms with Gasteiger partial charge < -0.3 is 9.64 Å². The van der Waals surface area contributed by atoms with Crippen molar-refractivity contribution in [1.82, 2.24) is 9.80 Å². The van der Waals surface area contributed by atoms with E-state index in [2.05, 4.69) is 37.7 Å². The van der Waals surface area contributed by atoms with E-state index in [9.17, 15) is 4.79 Å². The Bertz CT molecular complexity index is 264. The lowest BCUT2D eigenvalue weighted by Gasteiger charge is -2.35. The number of methoxy groups -OCH3 is 1. The molecule has 0 N–H and O–H groups in total. The van der Waals surface area contributed by atoms with Gasteiger partial charge in [0.05, 0.1) is 13.0 Å². The Labute approximate surface area is 105 Å². The van der Waals surface area contributed by atoms with E-state index in [-0.39, 0.29) is 17.4 Å². The second-order valence-corrected chi connectivity index (χ2v) is 5.66. The largest absolute Gasteiger partial charge is 0.469 e. The number of rotatable bonds is 5. The van der Waals surface area contributed by atoms with E-state index in [1.165, 1.54) is 7.11 Å². The van der Waals surface area contributed by atoms with Crippen LogP contribution >= 0.6 is 0 Å². The average molecular weight is 242 g/mol. The summed E-state index contributed by atoms with van der Waals surface area (Å²) in [6.07, 6.45) is 2.06. The average Bonchev–Trinajstić information content (AvgIpc) is 2.53. The quantitative estimate of drug-likeness (QED) is 0.679. The highest BCUT2D eigenvalue weighted by atomic mass is 16.5. The third kappa shape index (κ3) is 3.42. The highest BCUT2D eigenvalue weighted by molar-refractivity contribution is 5.74. The zero-order valence-electron chi connectivity index (χ0n) is 11.8. The molecule has 1 atom stereocenters. The van der Waals surface area contributed by atoms with Crippen LogP contribution in [0.2, 0.25) is 0 Å². The topological polar surface area (TPSA) is 32.8 Å². The lowest BCUT2D eigenvalue weighted by Crippen LogP contribution is -2.46. The van der Waals surface area contributed by atoms with Crippen molar-refractivity contribution < 1.29 is 9.53 Å². The number of ether oxygens (including phenoxy) is 1. The van der Waals surface area contributed by atoms with Gasteiger partial charge in [0, 0.05) is 5.54 Å². The number of carbonyl (C=O) groups is 1. The first-order valence-electron chi connectivity index (χ1n) is 6.37. The molecule has 100 valence electrons. The fourth-order valence-corrected chi connectivity index (χ4v) is 2.67. The molecule has 0 aromatic carbocycles. The van der Waals surface area contributed by atoms with E-state index in [4.69, 9.17) is 4.74 Å². The van der Waals surface area contributed by atoms with Crippen LogP contribution in [-0.2, 0) is 9.53 Å². The van der Waals surface area contributed by atoms with Crippen molar-refractivity contribution in [2.24, 2.45) is 5.92 Å². The molecule has 0 aromatic rings. The summed E-state index contributed by atoms with van der Waals surface area (Å²) in [5.74, 6) is -0.0445. The van der Waals surface area contributed by atoms with Gasteiger partial charge in [-0.1, -0.05) is 0 Å². The first-order valence-corrected chi connectivity index (χ1v) is 6.37. The Morgan fingerprint density at radius 1 is 1.47 bits per heavy atom. The molecule has 0 aromatic heterocycles. The van der Waals surface area contributed by atoms with Crippen molar-refractivity contribution in [1.29, 1.82) is 0 Å². The van der Waals surface area contributed by atoms with Gasteiger partial charge in [0.25, 0.3) is 0 Å². The molecular formula is C13H26N2O2. The van der Waals surface area contributed by atoms with Gasteiger partial charge in [0.2, 0.25) is 0 Å². The molecule has 1 aliphatic rings. The fraction of sp³-hybridized carbons (Fsp3) is 0.923. The predicted molar refractivity (Wildman–Crippen MR) is 68.9 cm³/mol. The molecule has 4 nitrogen and oxygen atoms in total. The summed E-state index contributed by atoms with van der Waals surface area (Å²) >= 11 is 0. The maximum atomic E-state index is 11.7. The van der Waals surface area contributed by atoms with Crippen LogP contribution in [0, 0.1) is 5.92 Å². The molecule has 1 saturated heterocycles. The maximum absolute atomic E-state index is 11.7. The second-order valence-electron chi connectivity index (χ2n) is 5.66. The van der Waals surface area contributed by atoms with E-state index in [1.807, 2.05) is 0 Å². The molecule has 0 saturated carbocycles. The van der Waals surface area contributed by atoms with Gasteiger partial charge in [-0.3, -0.25) is 9.69 Å². The van der Waals surface area contributed by atoms with Crippen LogP contribution in [0.1, 0.15) is 26.7 Å². The third-order valence-corrected chi connectivity index (χ3v) is 3.87. The second kappa shape index (κ2) is 5.83. The fourth-order valence-electron chi connectivity index (χ4n) is 2.67. The zero-order valence-corrected chi connectivity index (χ0v) is 11.8. The molecule has 1 unspecified atom stereocenters. The predicted octanol–water partition coefficient (Wildman–Crippen LogP) is 1.21. The van der Waals surface area contributed by atoms with Gasteiger partial charge in [-0.05, 0) is 60.4 Å². The number of nitrogens with zero attached hydrogens (tertiary/aromatic N) is 2. The number of likely N-dealkylation sites (tertiary alicyclic amines) is 1. The first-order chi connectivity index (χ1) is 7.89. The lowest BCUT2D eigenvalue weighted by molar-refractivity contribution is -0.148. The minimum Gasteiger partial charge on any atom is -0.469 e. The van der Waals surface area contributed by atoms with Gasteiger partial charge in [0.1, 0.15) is 0 Å². The first kappa shape index (κ1) is 14.5. The van der Waals surface area contributed by atoms with Crippen LogP contribution in [0.15, 0.2) is 0 Å². The molecule has 1 heterocycles. The standard InChI is InChI=1S/C13H26N2O2/c1-13(2)11(12(16)17-5)7-10-15(13)9-6-8-14(3)4/h11H,6-10H2,1-5H3. The SMILES string of the molecule is COC(=O)C1CCN(CCCN(C)C)C1(C)C. The van der Waals surface area contributed by atoms with Crippen LogP contribution in [0.3, 0.4) is 0 Å². The summed E-state index contributed by atoms with van der Waals surface area (Å²) in [4.78, 5) is 16.3. The Kier molecular flexibility index (Phi) is 4.95. The van der Waals surface area contributed by atoms with Crippen molar-refractivity contribution in [3.8, 4) is 0 Å². The van der Waals surface area contributed by atoms with Crippen molar-refractivity contribution in [2.45, 2.75) is 32.2 Å². The summed E-state index contributed by atoms with van der Waals surface area (Å²) < 4.78 is 4.89.